The molecule has 0 aliphatic carbocycles. The van der Waals surface area contributed by atoms with Gasteiger partial charge in [0, 0.05) is 23.9 Å². The first-order valence-electron chi connectivity index (χ1n) is 7.99. The second-order valence-corrected chi connectivity index (χ2v) is 6.99. The van der Waals surface area contributed by atoms with E-state index in [9.17, 15) is 0 Å². The van der Waals surface area contributed by atoms with Crippen LogP contribution in [0.25, 0.3) is 22.8 Å². The van der Waals surface area contributed by atoms with Crippen molar-refractivity contribution in [3.05, 3.63) is 71.6 Å². The Morgan fingerprint density at radius 3 is 2.62 bits per heavy atom. The highest BCUT2D eigenvalue weighted by Gasteiger charge is 2.14. The zero-order chi connectivity index (χ0) is 17.9. The first-order chi connectivity index (χ1) is 12.7. The summed E-state index contributed by atoms with van der Waals surface area (Å²) >= 11 is 7.82. The number of benzene rings is 2. The number of hydrogen-bond acceptors (Lipinski definition) is 5. The summed E-state index contributed by atoms with van der Waals surface area (Å²) in [5, 5.41) is 10.00. The molecular weight excluding hydrogens is 368 g/mol. The van der Waals surface area contributed by atoms with Gasteiger partial charge in [-0.2, -0.15) is 0 Å². The second kappa shape index (κ2) is 7.35. The first-order valence-corrected chi connectivity index (χ1v) is 9.35. The van der Waals surface area contributed by atoms with Crippen LogP contribution in [0, 0.1) is 0 Å². The summed E-state index contributed by atoms with van der Waals surface area (Å²) in [6, 6.07) is 17.4. The van der Waals surface area contributed by atoms with Gasteiger partial charge < -0.3 is 8.98 Å². The van der Waals surface area contributed by atoms with E-state index in [-0.39, 0.29) is 0 Å². The summed E-state index contributed by atoms with van der Waals surface area (Å²) in [5.41, 5.74) is 2.68. The highest BCUT2D eigenvalue weighted by Crippen LogP contribution is 2.29. The Labute approximate surface area is 160 Å². The van der Waals surface area contributed by atoms with Gasteiger partial charge in [0.05, 0.1) is 10.7 Å². The number of halogens is 1. The molecule has 0 amide bonds. The Morgan fingerprint density at radius 2 is 1.81 bits per heavy atom. The van der Waals surface area contributed by atoms with Crippen LogP contribution in [0.3, 0.4) is 0 Å². The van der Waals surface area contributed by atoms with E-state index in [1.165, 1.54) is 0 Å². The Bertz CT molecular complexity index is 1030. The average molecular weight is 383 g/mol. The summed E-state index contributed by atoms with van der Waals surface area (Å²) < 4.78 is 7.51. The summed E-state index contributed by atoms with van der Waals surface area (Å²) in [7, 11) is 1.93. The lowest BCUT2D eigenvalue weighted by Crippen LogP contribution is -1.95. The Morgan fingerprint density at radius 1 is 1.04 bits per heavy atom. The zero-order valence-electron chi connectivity index (χ0n) is 14.0. The van der Waals surface area contributed by atoms with Crippen molar-refractivity contribution in [2.45, 2.75) is 10.9 Å². The Balaban J connectivity index is 1.50. The second-order valence-electron chi connectivity index (χ2n) is 5.64. The average Bonchev–Trinajstić information content (AvgIpc) is 3.28. The van der Waals surface area contributed by atoms with Crippen LogP contribution in [-0.2, 0) is 12.8 Å². The monoisotopic (exact) mass is 382 g/mol. The van der Waals surface area contributed by atoms with E-state index < -0.39 is 0 Å². The smallest absolute Gasteiger partial charge is 0.226 e. The van der Waals surface area contributed by atoms with Crippen molar-refractivity contribution in [3.63, 3.8) is 0 Å². The molecule has 0 fully saturated rings. The van der Waals surface area contributed by atoms with E-state index >= 15 is 0 Å². The molecule has 0 unspecified atom stereocenters. The van der Waals surface area contributed by atoms with E-state index in [1.54, 1.807) is 18.0 Å². The molecule has 7 heteroatoms. The molecule has 2 aromatic heterocycles. The molecule has 4 aromatic rings. The summed E-state index contributed by atoms with van der Waals surface area (Å²) in [4.78, 5) is 4.54. The van der Waals surface area contributed by atoms with Crippen molar-refractivity contribution in [3.8, 4) is 22.8 Å². The number of aromatic nitrogens is 4. The maximum Gasteiger partial charge on any atom is 0.226 e. The standard InChI is InChI=1S/C19H15ClN4OS/c1-24-17(15-9-5-6-10-16(15)20)22-23-19(24)26-12-14-11-25-18(21-14)13-7-3-2-4-8-13/h2-11H,12H2,1H3. The molecular formula is C19H15ClN4OS. The van der Waals surface area contributed by atoms with Crippen molar-refractivity contribution in [2.75, 3.05) is 0 Å². The number of rotatable bonds is 5. The molecule has 0 radical (unpaired) electrons. The van der Waals surface area contributed by atoms with Crippen LogP contribution >= 0.6 is 23.4 Å². The number of hydrogen-bond donors (Lipinski definition) is 0. The molecule has 0 bridgehead atoms. The van der Waals surface area contributed by atoms with Crippen LogP contribution in [0.1, 0.15) is 5.69 Å². The fourth-order valence-electron chi connectivity index (χ4n) is 2.54. The van der Waals surface area contributed by atoms with E-state index in [2.05, 4.69) is 15.2 Å². The van der Waals surface area contributed by atoms with Gasteiger partial charge in [-0.3, -0.25) is 0 Å². The molecule has 0 saturated carbocycles. The minimum absolute atomic E-state index is 0.621. The fraction of sp³-hybridized carbons (Fsp3) is 0.105. The third-order valence-electron chi connectivity index (χ3n) is 3.87. The van der Waals surface area contributed by atoms with Gasteiger partial charge in [0.2, 0.25) is 5.89 Å². The summed E-state index contributed by atoms with van der Waals surface area (Å²) in [5.74, 6) is 2.00. The molecule has 130 valence electrons. The minimum atomic E-state index is 0.621. The molecule has 26 heavy (non-hydrogen) atoms. The highest BCUT2D eigenvalue weighted by molar-refractivity contribution is 7.98. The lowest BCUT2D eigenvalue weighted by Gasteiger charge is -2.04. The van der Waals surface area contributed by atoms with Gasteiger partial charge in [0.25, 0.3) is 0 Å². The van der Waals surface area contributed by atoms with Crippen molar-refractivity contribution < 1.29 is 4.42 Å². The summed E-state index contributed by atoms with van der Waals surface area (Å²) in [6.45, 7) is 0. The van der Waals surface area contributed by atoms with E-state index in [4.69, 9.17) is 16.0 Å². The predicted molar refractivity (Wildman–Crippen MR) is 103 cm³/mol. The molecule has 2 heterocycles. The third-order valence-corrected chi connectivity index (χ3v) is 5.25. The van der Waals surface area contributed by atoms with Gasteiger partial charge in [0.15, 0.2) is 11.0 Å². The van der Waals surface area contributed by atoms with Gasteiger partial charge in [-0.05, 0) is 24.3 Å². The van der Waals surface area contributed by atoms with Gasteiger partial charge in [-0.25, -0.2) is 4.98 Å². The molecule has 0 aliphatic heterocycles. The number of nitrogens with zero attached hydrogens (tertiary/aromatic N) is 4. The maximum absolute atomic E-state index is 6.26. The fourth-order valence-corrected chi connectivity index (χ4v) is 3.55. The van der Waals surface area contributed by atoms with Crippen molar-refractivity contribution in [2.24, 2.45) is 7.05 Å². The first kappa shape index (κ1) is 16.9. The SMILES string of the molecule is Cn1c(SCc2coc(-c3ccccc3)n2)nnc1-c1ccccc1Cl. The van der Waals surface area contributed by atoms with Crippen LogP contribution in [0.2, 0.25) is 5.02 Å². The molecule has 2 aromatic carbocycles. The topological polar surface area (TPSA) is 56.7 Å². The molecule has 0 atom stereocenters. The summed E-state index contributed by atoms with van der Waals surface area (Å²) in [6.07, 6.45) is 1.68. The van der Waals surface area contributed by atoms with Gasteiger partial charge in [-0.15, -0.1) is 10.2 Å². The number of oxazole rings is 1. The van der Waals surface area contributed by atoms with Crippen LogP contribution in [0.5, 0.6) is 0 Å². The number of thioether (sulfide) groups is 1. The minimum Gasteiger partial charge on any atom is -0.444 e. The van der Waals surface area contributed by atoms with E-state index in [0.29, 0.717) is 16.7 Å². The van der Waals surface area contributed by atoms with Crippen LogP contribution in [0.15, 0.2) is 70.4 Å². The van der Waals surface area contributed by atoms with Gasteiger partial charge >= 0.3 is 0 Å². The van der Waals surface area contributed by atoms with Gasteiger partial charge in [-0.1, -0.05) is 53.7 Å². The lowest BCUT2D eigenvalue weighted by atomic mass is 10.2. The van der Waals surface area contributed by atoms with Crippen LogP contribution in [0.4, 0.5) is 0 Å². The largest absolute Gasteiger partial charge is 0.444 e. The normalized spacial score (nSPS) is 11.0. The predicted octanol–water partition coefficient (Wildman–Crippen LogP) is 5.08. The quantitative estimate of drug-likeness (QED) is 0.450. The Hall–Kier alpha value is -2.57. The van der Waals surface area contributed by atoms with Crippen molar-refractivity contribution >= 4 is 23.4 Å². The van der Waals surface area contributed by atoms with Crippen LogP contribution < -0.4 is 0 Å². The van der Waals surface area contributed by atoms with Crippen molar-refractivity contribution in [1.29, 1.82) is 0 Å². The molecule has 0 N–H and O–H groups in total. The molecule has 0 spiro atoms. The van der Waals surface area contributed by atoms with Crippen molar-refractivity contribution in [1.82, 2.24) is 19.7 Å². The maximum atomic E-state index is 6.26. The third kappa shape index (κ3) is 3.38. The Kier molecular flexibility index (Phi) is 4.77. The van der Waals surface area contributed by atoms with E-state index in [0.717, 1.165) is 27.8 Å². The lowest BCUT2D eigenvalue weighted by molar-refractivity contribution is 0.573. The highest BCUT2D eigenvalue weighted by atomic mass is 35.5. The van der Waals surface area contributed by atoms with Crippen LogP contribution in [-0.4, -0.2) is 19.7 Å². The zero-order valence-corrected chi connectivity index (χ0v) is 15.5. The molecule has 0 saturated heterocycles. The molecule has 0 aliphatic rings. The molecule has 5 nitrogen and oxygen atoms in total. The van der Waals surface area contributed by atoms with Gasteiger partial charge in [0.1, 0.15) is 6.26 Å². The molecule has 4 rings (SSSR count). The van der Waals surface area contributed by atoms with E-state index in [1.807, 2.05) is 66.2 Å².